The number of hydrogen-bond donors (Lipinski definition) is 1. The average Bonchev–Trinajstić information content (AvgIpc) is 3.09. The van der Waals surface area contributed by atoms with E-state index in [0.717, 1.165) is 38.2 Å². The van der Waals surface area contributed by atoms with Crippen molar-refractivity contribution < 1.29 is 28.6 Å². The molecule has 1 atom stereocenters. The predicted octanol–water partition coefficient (Wildman–Crippen LogP) is 4.60. The Morgan fingerprint density at radius 3 is 2.31 bits per heavy atom. The minimum atomic E-state index is -0.781. The van der Waals surface area contributed by atoms with Crippen molar-refractivity contribution in [3.8, 4) is 11.5 Å². The van der Waals surface area contributed by atoms with Crippen LogP contribution >= 0.6 is 0 Å². The van der Waals surface area contributed by atoms with Crippen molar-refractivity contribution in [2.45, 2.75) is 44.2 Å². The van der Waals surface area contributed by atoms with Gasteiger partial charge in [0.15, 0.2) is 0 Å². The summed E-state index contributed by atoms with van der Waals surface area (Å²) >= 11 is 0. The van der Waals surface area contributed by atoms with E-state index in [1.54, 1.807) is 36.3 Å². The number of Topliss-reactive ketones (excluding diaryl/α,β-unsaturated/α-hetero) is 1. The number of amides is 1. The molecule has 2 aliphatic rings. The van der Waals surface area contributed by atoms with E-state index in [4.69, 9.17) is 9.47 Å². The highest BCUT2D eigenvalue weighted by molar-refractivity contribution is 6.46. The molecule has 0 radical (unpaired) electrons. The van der Waals surface area contributed by atoms with Crippen LogP contribution in [0.5, 0.6) is 11.5 Å². The maximum atomic E-state index is 14.0. The van der Waals surface area contributed by atoms with Gasteiger partial charge in [0.25, 0.3) is 11.7 Å². The number of hydrogen-bond acceptors (Lipinski definition) is 5. The molecule has 1 saturated heterocycles. The molecule has 2 aromatic carbocycles. The fourth-order valence-electron chi connectivity index (χ4n) is 4.71. The van der Waals surface area contributed by atoms with Crippen LogP contribution in [0.1, 0.15) is 49.3 Å². The summed E-state index contributed by atoms with van der Waals surface area (Å²) in [5.41, 5.74) is 0.648. The average molecular weight is 439 g/mol. The second-order valence-corrected chi connectivity index (χ2v) is 8.12. The summed E-state index contributed by atoms with van der Waals surface area (Å²) in [4.78, 5) is 28.0. The molecule has 1 N–H and O–H groups in total. The first-order valence-electron chi connectivity index (χ1n) is 10.7. The van der Waals surface area contributed by atoms with Crippen LogP contribution in [0.15, 0.2) is 48.0 Å². The van der Waals surface area contributed by atoms with Crippen molar-refractivity contribution in [2.24, 2.45) is 0 Å². The van der Waals surface area contributed by atoms with Crippen LogP contribution in [0.4, 0.5) is 4.39 Å². The van der Waals surface area contributed by atoms with E-state index in [1.807, 2.05) is 0 Å². The number of ether oxygens (including phenoxy) is 2. The number of halogens is 1. The minimum absolute atomic E-state index is 0.0349. The van der Waals surface area contributed by atoms with Crippen molar-refractivity contribution in [3.63, 3.8) is 0 Å². The zero-order valence-corrected chi connectivity index (χ0v) is 18.1. The summed E-state index contributed by atoms with van der Waals surface area (Å²) in [6.45, 7) is 0. The Hall–Kier alpha value is -3.35. The maximum Gasteiger partial charge on any atom is 0.295 e. The van der Waals surface area contributed by atoms with E-state index in [1.165, 1.54) is 19.2 Å². The van der Waals surface area contributed by atoms with Gasteiger partial charge in [-0.1, -0.05) is 31.4 Å². The van der Waals surface area contributed by atoms with Crippen molar-refractivity contribution >= 4 is 17.4 Å². The molecule has 6 nitrogen and oxygen atoms in total. The van der Waals surface area contributed by atoms with E-state index < -0.39 is 29.3 Å². The third-order valence-corrected chi connectivity index (χ3v) is 6.30. The summed E-state index contributed by atoms with van der Waals surface area (Å²) in [6, 6.07) is 9.86. The molecule has 4 rings (SSSR count). The lowest BCUT2D eigenvalue weighted by molar-refractivity contribution is -0.141. The van der Waals surface area contributed by atoms with Crippen molar-refractivity contribution in [3.05, 3.63) is 65.0 Å². The molecule has 168 valence electrons. The molecule has 1 aliphatic carbocycles. The Labute approximate surface area is 186 Å². The summed E-state index contributed by atoms with van der Waals surface area (Å²) in [7, 11) is 2.95. The van der Waals surface area contributed by atoms with E-state index in [0.29, 0.717) is 11.3 Å². The Kier molecular flexibility index (Phi) is 6.17. The fourth-order valence-corrected chi connectivity index (χ4v) is 4.71. The first-order valence-corrected chi connectivity index (χ1v) is 10.7. The predicted molar refractivity (Wildman–Crippen MR) is 117 cm³/mol. The van der Waals surface area contributed by atoms with Gasteiger partial charge in [-0.25, -0.2) is 4.39 Å². The molecule has 1 heterocycles. The first kappa shape index (κ1) is 21.9. The molecular weight excluding hydrogens is 413 g/mol. The molecule has 32 heavy (non-hydrogen) atoms. The van der Waals surface area contributed by atoms with E-state index >= 15 is 0 Å². The molecular formula is C25H26FNO5. The van der Waals surface area contributed by atoms with Crippen LogP contribution in [-0.4, -0.2) is 42.0 Å². The highest BCUT2D eigenvalue weighted by Crippen LogP contribution is 2.44. The van der Waals surface area contributed by atoms with Gasteiger partial charge >= 0.3 is 0 Å². The summed E-state index contributed by atoms with van der Waals surface area (Å²) < 4.78 is 24.5. The van der Waals surface area contributed by atoms with Crippen LogP contribution in [0.3, 0.4) is 0 Å². The Bertz CT molecular complexity index is 1060. The van der Waals surface area contributed by atoms with E-state index in [9.17, 15) is 19.1 Å². The summed E-state index contributed by atoms with van der Waals surface area (Å²) in [6.07, 6.45) is 4.63. The lowest BCUT2D eigenvalue weighted by atomic mass is 9.91. The molecule has 0 bridgehead atoms. The molecule has 2 aromatic rings. The molecule has 1 aliphatic heterocycles. The number of nitrogens with zero attached hydrogens (tertiary/aromatic N) is 1. The van der Waals surface area contributed by atoms with Crippen LogP contribution in [0.25, 0.3) is 5.76 Å². The van der Waals surface area contributed by atoms with Gasteiger partial charge in [-0.2, -0.15) is 0 Å². The normalized spacial score (nSPS) is 21.1. The van der Waals surface area contributed by atoms with Crippen LogP contribution < -0.4 is 9.47 Å². The quantitative estimate of drug-likeness (QED) is 0.419. The molecule has 1 unspecified atom stereocenters. The standard InChI is InChI=1S/C25H26FNO5/c1-31-18-11-8-15(9-12-18)22-21(23(28)19-14-16(26)10-13-20(19)32-2)24(29)25(30)27(22)17-6-4-3-5-7-17/h8-14,17,22,28H,3-7H2,1-2H3/b23-21+. The van der Waals surface area contributed by atoms with Gasteiger partial charge < -0.3 is 19.5 Å². The van der Waals surface area contributed by atoms with Gasteiger partial charge in [0.2, 0.25) is 0 Å². The van der Waals surface area contributed by atoms with E-state index in [2.05, 4.69) is 0 Å². The lowest BCUT2D eigenvalue weighted by Crippen LogP contribution is -2.40. The van der Waals surface area contributed by atoms with Gasteiger partial charge in [0, 0.05) is 6.04 Å². The van der Waals surface area contributed by atoms with Crippen LogP contribution in [0.2, 0.25) is 0 Å². The zero-order valence-electron chi connectivity index (χ0n) is 18.1. The summed E-state index contributed by atoms with van der Waals surface area (Å²) in [5, 5.41) is 11.2. The molecule has 1 amide bonds. The van der Waals surface area contributed by atoms with Gasteiger partial charge in [0.05, 0.1) is 31.4 Å². The highest BCUT2D eigenvalue weighted by Gasteiger charge is 2.49. The van der Waals surface area contributed by atoms with E-state index in [-0.39, 0.29) is 22.9 Å². The molecule has 0 aromatic heterocycles. The number of benzene rings is 2. The number of rotatable bonds is 5. The second kappa shape index (κ2) is 9.02. The Morgan fingerprint density at radius 1 is 1.00 bits per heavy atom. The largest absolute Gasteiger partial charge is 0.507 e. The number of methoxy groups -OCH3 is 2. The summed E-state index contributed by atoms with van der Waals surface area (Å²) in [5.74, 6) is -1.61. The van der Waals surface area contributed by atoms with Crippen molar-refractivity contribution in [1.29, 1.82) is 0 Å². The van der Waals surface area contributed by atoms with Crippen molar-refractivity contribution in [1.82, 2.24) is 4.90 Å². The number of ketones is 1. The fraction of sp³-hybridized carbons (Fsp3) is 0.360. The number of carbonyl (C=O) groups is 2. The molecule has 7 heteroatoms. The van der Waals surface area contributed by atoms with Gasteiger partial charge in [-0.05, 0) is 48.7 Å². The second-order valence-electron chi connectivity index (χ2n) is 8.12. The van der Waals surface area contributed by atoms with Crippen LogP contribution in [0, 0.1) is 5.82 Å². The third-order valence-electron chi connectivity index (χ3n) is 6.30. The highest BCUT2D eigenvalue weighted by atomic mass is 19.1. The Balaban J connectivity index is 1.90. The number of aliphatic hydroxyl groups excluding tert-OH is 1. The van der Waals surface area contributed by atoms with Crippen LogP contribution in [-0.2, 0) is 9.59 Å². The SMILES string of the molecule is COc1ccc(C2/C(=C(\O)c3cc(F)ccc3OC)C(=O)C(=O)N2C2CCCCC2)cc1. The molecule has 2 fully saturated rings. The monoisotopic (exact) mass is 439 g/mol. The van der Waals surface area contributed by atoms with Gasteiger partial charge in [-0.3, -0.25) is 9.59 Å². The number of aliphatic hydroxyl groups is 1. The zero-order chi connectivity index (χ0) is 22.8. The smallest absolute Gasteiger partial charge is 0.295 e. The van der Waals surface area contributed by atoms with Gasteiger partial charge in [-0.15, -0.1) is 0 Å². The third kappa shape index (κ3) is 3.83. The Morgan fingerprint density at radius 2 is 1.69 bits per heavy atom. The molecule has 1 saturated carbocycles. The number of likely N-dealkylation sites (tertiary alicyclic amines) is 1. The lowest BCUT2D eigenvalue weighted by Gasteiger charge is -2.35. The van der Waals surface area contributed by atoms with Crippen molar-refractivity contribution in [2.75, 3.05) is 14.2 Å². The molecule has 0 spiro atoms. The number of carbonyl (C=O) groups excluding carboxylic acids is 2. The van der Waals surface area contributed by atoms with Gasteiger partial charge in [0.1, 0.15) is 23.1 Å². The maximum absolute atomic E-state index is 14.0. The first-order chi connectivity index (χ1) is 15.5. The minimum Gasteiger partial charge on any atom is -0.507 e. The topological polar surface area (TPSA) is 76.1 Å².